The molecule has 0 saturated heterocycles. The second kappa shape index (κ2) is 12.1. The average Bonchev–Trinajstić information content (AvgIpc) is 3.57. The molecule has 4 heterocycles. The van der Waals surface area contributed by atoms with E-state index in [9.17, 15) is 18.0 Å². The van der Waals surface area contributed by atoms with Gasteiger partial charge in [0, 0.05) is 54.3 Å². The third-order valence-corrected chi connectivity index (χ3v) is 5.80. The van der Waals surface area contributed by atoms with Gasteiger partial charge in [-0.1, -0.05) is 0 Å². The maximum absolute atomic E-state index is 13.3. The summed E-state index contributed by atoms with van der Waals surface area (Å²) in [4.78, 5) is 24.2. The van der Waals surface area contributed by atoms with Crippen molar-refractivity contribution < 1.29 is 31.9 Å². The Hall–Kier alpha value is -3.95. The van der Waals surface area contributed by atoms with Crippen molar-refractivity contribution in [1.82, 2.24) is 30.5 Å². The highest BCUT2D eigenvalue weighted by atomic mass is 32.1. The highest BCUT2D eigenvalue weighted by Crippen LogP contribution is 2.38. The number of halogens is 3. The fourth-order valence-corrected chi connectivity index (χ4v) is 4.07. The molecule has 0 aliphatic heterocycles. The number of urea groups is 1. The van der Waals surface area contributed by atoms with E-state index in [1.54, 1.807) is 20.1 Å². The Bertz CT molecular complexity index is 1390. The molecule has 0 bridgehead atoms. The second-order valence-corrected chi connectivity index (χ2v) is 8.50. The van der Waals surface area contributed by atoms with Gasteiger partial charge in [0.2, 0.25) is 11.8 Å². The fourth-order valence-electron chi connectivity index (χ4n) is 3.21. The molecule has 4 aromatic rings. The normalized spacial score (nSPS) is 11.5. The average molecular weight is 550 g/mol. The van der Waals surface area contributed by atoms with Crippen molar-refractivity contribution in [3.63, 3.8) is 0 Å². The number of rotatable bonds is 10. The zero-order valence-corrected chi connectivity index (χ0v) is 21.0. The number of ether oxygens (including phenoxy) is 2. The van der Waals surface area contributed by atoms with Crippen molar-refractivity contribution in [2.24, 2.45) is 0 Å². The number of thiazole rings is 1. The van der Waals surface area contributed by atoms with E-state index in [2.05, 4.69) is 35.8 Å². The lowest BCUT2D eigenvalue weighted by Crippen LogP contribution is -2.28. The molecule has 2 N–H and O–H groups in total. The summed E-state index contributed by atoms with van der Waals surface area (Å²) in [5.41, 5.74) is 0.727. The van der Waals surface area contributed by atoms with Crippen LogP contribution in [0, 0.1) is 0 Å². The van der Waals surface area contributed by atoms with Crippen molar-refractivity contribution in [1.29, 1.82) is 0 Å². The minimum atomic E-state index is -4.60. The van der Waals surface area contributed by atoms with Crippen molar-refractivity contribution in [2.75, 3.05) is 32.2 Å². The van der Waals surface area contributed by atoms with E-state index in [-0.39, 0.29) is 29.2 Å². The lowest BCUT2D eigenvalue weighted by molar-refractivity contribution is -0.140. The van der Waals surface area contributed by atoms with E-state index in [0.717, 1.165) is 16.7 Å². The van der Waals surface area contributed by atoms with Crippen LogP contribution in [0.3, 0.4) is 0 Å². The first-order valence-electron chi connectivity index (χ1n) is 11.2. The summed E-state index contributed by atoms with van der Waals surface area (Å²) in [6.07, 6.45) is -0.149. The molecule has 0 spiro atoms. The summed E-state index contributed by atoms with van der Waals surface area (Å²) < 4.78 is 55.7. The van der Waals surface area contributed by atoms with Gasteiger partial charge < -0.3 is 19.2 Å². The first-order chi connectivity index (χ1) is 18.3. The van der Waals surface area contributed by atoms with Crippen molar-refractivity contribution in [3.8, 4) is 33.2 Å². The molecule has 0 saturated carbocycles. The van der Waals surface area contributed by atoms with Gasteiger partial charge in [0.25, 0.3) is 0 Å². The smallest absolute Gasteiger partial charge is 0.418 e. The van der Waals surface area contributed by atoms with E-state index in [0.29, 0.717) is 42.0 Å². The van der Waals surface area contributed by atoms with Crippen LogP contribution >= 0.6 is 11.3 Å². The van der Waals surface area contributed by atoms with Gasteiger partial charge in [-0.2, -0.15) is 13.2 Å². The molecule has 0 aromatic carbocycles. The highest BCUT2D eigenvalue weighted by molar-refractivity contribution is 7.13. The Morgan fingerprint density at radius 3 is 2.66 bits per heavy atom. The number of carbonyl (C=O) groups is 1. The molecule has 4 aromatic heterocycles. The molecular formula is C23H22F3N7O4S. The van der Waals surface area contributed by atoms with Gasteiger partial charge in [0.1, 0.15) is 17.4 Å². The maximum Gasteiger partial charge on any atom is 0.434 e. The third-order valence-electron chi connectivity index (χ3n) is 4.93. The molecule has 15 heteroatoms. The summed E-state index contributed by atoms with van der Waals surface area (Å²) in [5, 5.41) is 14.1. The van der Waals surface area contributed by atoms with Gasteiger partial charge in [-0.25, -0.2) is 14.8 Å². The summed E-state index contributed by atoms with van der Waals surface area (Å²) >= 11 is 0.820. The maximum atomic E-state index is 13.3. The first kappa shape index (κ1) is 27.1. The molecule has 0 aliphatic carbocycles. The Morgan fingerprint density at radius 2 is 1.92 bits per heavy atom. The van der Waals surface area contributed by atoms with Crippen LogP contribution in [0.4, 0.5) is 23.8 Å². The monoisotopic (exact) mass is 549 g/mol. The third kappa shape index (κ3) is 6.67. The molecule has 0 aliphatic rings. The Balaban J connectivity index is 1.68. The molecule has 11 nitrogen and oxygen atoms in total. The fraction of sp³-hybridized carbons (Fsp3) is 0.304. The minimum absolute atomic E-state index is 0.0901. The van der Waals surface area contributed by atoms with Crippen LogP contribution in [0.2, 0.25) is 0 Å². The van der Waals surface area contributed by atoms with E-state index < -0.39 is 17.9 Å². The molecule has 38 heavy (non-hydrogen) atoms. The van der Waals surface area contributed by atoms with Gasteiger partial charge in [-0.15, -0.1) is 21.5 Å². The van der Waals surface area contributed by atoms with Crippen LogP contribution in [-0.2, 0) is 22.3 Å². The van der Waals surface area contributed by atoms with Crippen LogP contribution in [0.5, 0.6) is 0 Å². The summed E-state index contributed by atoms with van der Waals surface area (Å²) in [6, 6.07) is 2.64. The lowest BCUT2D eigenvalue weighted by Gasteiger charge is -2.11. The number of hydrogen-bond donors (Lipinski definition) is 2. The summed E-state index contributed by atoms with van der Waals surface area (Å²) in [5.74, 6) is 0.576. The van der Waals surface area contributed by atoms with Crippen molar-refractivity contribution in [3.05, 3.63) is 47.7 Å². The van der Waals surface area contributed by atoms with E-state index >= 15 is 0 Å². The SMILES string of the molecule is CCNC(=O)Nc1cc(-c2nc(C(F)(F)F)cs2)c(-c2cncc(-c3nnc(COCCOC)o3)c2)cn1. The molecule has 0 atom stereocenters. The number of nitrogens with one attached hydrogen (secondary N) is 2. The lowest BCUT2D eigenvalue weighted by atomic mass is 10.0. The molecule has 0 radical (unpaired) electrons. The topological polar surface area (TPSA) is 137 Å². The largest absolute Gasteiger partial charge is 0.434 e. The van der Waals surface area contributed by atoms with Crippen molar-refractivity contribution >= 4 is 23.2 Å². The molecule has 2 amide bonds. The van der Waals surface area contributed by atoms with E-state index in [1.807, 2.05) is 0 Å². The molecular weight excluding hydrogens is 527 g/mol. The number of pyridine rings is 2. The van der Waals surface area contributed by atoms with Gasteiger partial charge in [-0.3, -0.25) is 10.3 Å². The number of carbonyl (C=O) groups excluding carboxylic acids is 1. The van der Waals surface area contributed by atoms with E-state index in [4.69, 9.17) is 13.9 Å². The standard InChI is InChI=1S/C23H22F3N7O4S/c1-3-28-22(34)31-18-7-15(21-30-17(12-38-21)23(24,25)26)16(10-29-18)13-6-14(9-27-8-13)20-33-32-19(37-20)11-36-5-4-35-2/h6-10,12H,3-5,11H2,1-2H3,(H2,28,29,31,34). The molecule has 0 fully saturated rings. The number of amides is 2. The predicted octanol–water partition coefficient (Wildman–Crippen LogP) is 4.64. The minimum Gasteiger partial charge on any atom is -0.418 e. The molecule has 4 rings (SSSR count). The Labute approximate surface area is 218 Å². The predicted molar refractivity (Wildman–Crippen MR) is 131 cm³/mol. The number of nitrogens with zero attached hydrogens (tertiary/aromatic N) is 5. The quantitative estimate of drug-likeness (QED) is 0.271. The Morgan fingerprint density at radius 1 is 1.11 bits per heavy atom. The van der Waals surface area contributed by atoms with Gasteiger partial charge in [0.15, 0.2) is 5.69 Å². The van der Waals surface area contributed by atoms with Crippen LogP contribution in [0.1, 0.15) is 18.5 Å². The van der Waals surface area contributed by atoms with Crippen molar-refractivity contribution in [2.45, 2.75) is 19.7 Å². The number of alkyl halides is 3. The number of anilines is 1. The van der Waals surface area contributed by atoms with Crippen LogP contribution in [-0.4, -0.2) is 58.0 Å². The zero-order valence-electron chi connectivity index (χ0n) is 20.2. The number of methoxy groups -OCH3 is 1. The number of aromatic nitrogens is 5. The van der Waals surface area contributed by atoms with Gasteiger partial charge in [0.05, 0.1) is 18.8 Å². The van der Waals surface area contributed by atoms with Crippen LogP contribution < -0.4 is 10.6 Å². The number of hydrogen-bond acceptors (Lipinski definition) is 10. The molecule has 0 unspecified atom stereocenters. The van der Waals surface area contributed by atoms with Crippen LogP contribution in [0.25, 0.3) is 33.2 Å². The van der Waals surface area contributed by atoms with Gasteiger partial charge in [-0.05, 0) is 19.1 Å². The summed E-state index contributed by atoms with van der Waals surface area (Å²) in [6.45, 7) is 3.01. The van der Waals surface area contributed by atoms with E-state index in [1.165, 1.54) is 24.7 Å². The van der Waals surface area contributed by atoms with Crippen LogP contribution in [0.15, 0.2) is 40.5 Å². The Kier molecular flexibility index (Phi) is 8.60. The van der Waals surface area contributed by atoms with Gasteiger partial charge >= 0.3 is 12.2 Å². The highest BCUT2D eigenvalue weighted by Gasteiger charge is 2.34. The second-order valence-electron chi connectivity index (χ2n) is 7.64. The summed E-state index contributed by atoms with van der Waals surface area (Å²) in [7, 11) is 1.56. The first-order valence-corrected chi connectivity index (χ1v) is 12.1. The zero-order chi connectivity index (χ0) is 27.1. The molecule has 200 valence electrons.